The van der Waals surface area contributed by atoms with Crippen LogP contribution in [0.2, 0.25) is 0 Å². The third-order valence-corrected chi connectivity index (χ3v) is 3.92. The molecule has 104 valence electrons. The fourth-order valence-electron chi connectivity index (χ4n) is 1.51. The zero-order valence-corrected chi connectivity index (χ0v) is 11.0. The highest BCUT2D eigenvalue weighted by molar-refractivity contribution is 7.92. The number of rotatable bonds is 4. The second-order valence-corrected chi connectivity index (χ2v) is 5.66. The first-order valence-electron chi connectivity index (χ1n) is 5.51. The fourth-order valence-corrected chi connectivity index (χ4v) is 2.57. The normalized spacial score (nSPS) is 11.0. The van der Waals surface area contributed by atoms with Gasteiger partial charge < -0.3 is 5.73 Å². The summed E-state index contributed by atoms with van der Waals surface area (Å²) in [6.45, 7) is 0. The summed E-state index contributed by atoms with van der Waals surface area (Å²) >= 11 is 0. The number of nitrogen functional groups attached to an aromatic ring is 1. The van der Waals surface area contributed by atoms with Gasteiger partial charge in [0.2, 0.25) is 0 Å². The van der Waals surface area contributed by atoms with E-state index in [1.54, 1.807) is 0 Å². The fraction of sp³-hybridized carbons (Fsp3) is 0. The first-order valence-corrected chi connectivity index (χ1v) is 6.99. The van der Waals surface area contributed by atoms with Gasteiger partial charge in [-0.2, -0.15) is 0 Å². The van der Waals surface area contributed by atoms with Crippen LogP contribution in [0, 0.1) is 10.1 Å². The van der Waals surface area contributed by atoms with E-state index in [2.05, 4.69) is 4.72 Å². The Hall–Kier alpha value is -2.61. The lowest BCUT2D eigenvalue weighted by Gasteiger charge is -2.08. The van der Waals surface area contributed by atoms with Crippen LogP contribution >= 0.6 is 0 Å². The number of nitrogens with zero attached hydrogens (tertiary/aromatic N) is 1. The molecule has 8 heteroatoms. The smallest absolute Gasteiger partial charge is 0.269 e. The number of nitro groups is 1. The predicted octanol–water partition coefficient (Wildman–Crippen LogP) is 1.98. The molecule has 0 aliphatic heterocycles. The van der Waals surface area contributed by atoms with Crippen molar-refractivity contribution < 1.29 is 13.3 Å². The summed E-state index contributed by atoms with van der Waals surface area (Å²) in [5, 5.41) is 10.5. The Bertz CT molecular complexity index is 724. The molecule has 0 fully saturated rings. The number of sulfonamides is 1. The summed E-state index contributed by atoms with van der Waals surface area (Å²) in [6.07, 6.45) is 0. The molecular weight excluding hydrogens is 282 g/mol. The van der Waals surface area contributed by atoms with E-state index in [1.165, 1.54) is 48.5 Å². The number of nitrogens with two attached hydrogens (primary N) is 1. The Labute approximate surface area is 115 Å². The monoisotopic (exact) mass is 293 g/mol. The molecule has 0 unspecified atom stereocenters. The van der Waals surface area contributed by atoms with E-state index >= 15 is 0 Å². The topological polar surface area (TPSA) is 115 Å². The van der Waals surface area contributed by atoms with Crippen molar-refractivity contribution in [2.45, 2.75) is 4.90 Å². The standard InChI is InChI=1S/C12H11N3O4S/c13-9-1-7-12(8-2-9)20(18,19)14-10-3-5-11(6-4-10)15(16)17/h1-8,14H,13H2. The molecule has 2 aromatic carbocycles. The molecular formula is C12H11N3O4S. The molecule has 0 aromatic heterocycles. The van der Waals surface area contributed by atoms with Crippen molar-refractivity contribution in [1.82, 2.24) is 0 Å². The summed E-state index contributed by atoms with van der Waals surface area (Å²) in [4.78, 5) is 10.0. The lowest BCUT2D eigenvalue weighted by Crippen LogP contribution is -2.12. The molecule has 7 nitrogen and oxygen atoms in total. The molecule has 20 heavy (non-hydrogen) atoms. The van der Waals surface area contributed by atoms with Crippen LogP contribution in [-0.4, -0.2) is 13.3 Å². The number of non-ortho nitro benzene ring substituents is 1. The zero-order chi connectivity index (χ0) is 14.8. The SMILES string of the molecule is Nc1ccc(S(=O)(=O)Nc2ccc([N+](=O)[O-])cc2)cc1. The average molecular weight is 293 g/mol. The maximum Gasteiger partial charge on any atom is 0.269 e. The molecule has 0 spiro atoms. The Morgan fingerprint density at radius 2 is 1.55 bits per heavy atom. The molecule has 0 saturated carbocycles. The highest BCUT2D eigenvalue weighted by Crippen LogP contribution is 2.19. The van der Waals surface area contributed by atoms with Gasteiger partial charge in [0.1, 0.15) is 0 Å². The van der Waals surface area contributed by atoms with E-state index in [0.29, 0.717) is 5.69 Å². The maximum atomic E-state index is 12.0. The van der Waals surface area contributed by atoms with Crippen LogP contribution in [0.1, 0.15) is 0 Å². The van der Waals surface area contributed by atoms with Gasteiger partial charge in [-0.3, -0.25) is 14.8 Å². The van der Waals surface area contributed by atoms with Crippen LogP contribution in [0.5, 0.6) is 0 Å². The summed E-state index contributed by atoms with van der Waals surface area (Å²) in [6, 6.07) is 10.8. The van der Waals surface area contributed by atoms with Crippen molar-refractivity contribution in [2.24, 2.45) is 0 Å². The Kier molecular flexibility index (Phi) is 3.57. The van der Waals surface area contributed by atoms with Gasteiger partial charge in [-0.1, -0.05) is 0 Å². The molecule has 0 aliphatic carbocycles. The lowest BCUT2D eigenvalue weighted by atomic mass is 10.3. The minimum absolute atomic E-state index is 0.0602. The third kappa shape index (κ3) is 3.04. The Morgan fingerprint density at radius 1 is 1.00 bits per heavy atom. The van der Waals surface area contributed by atoms with Crippen molar-refractivity contribution in [3.63, 3.8) is 0 Å². The third-order valence-electron chi connectivity index (χ3n) is 2.52. The van der Waals surface area contributed by atoms with Crippen molar-refractivity contribution in [2.75, 3.05) is 10.5 Å². The quantitative estimate of drug-likeness (QED) is 0.508. The molecule has 0 radical (unpaired) electrons. The lowest BCUT2D eigenvalue weighted by molar-refractivity contribution is -0.384. The van der Waals surface area contributed by atoms with Crippen molar-refractivity contribution >= 4 is 27.1 Å². The van der Waals surface area contributed by atoms with Crippen molar-refractivity contribution in [3.8, 4) is 0 Å². The Morgan fingerprint density at radius 3 is 2.05 bits per heavy atom. The molecule has 0 saturated heterocycles. The van der Waals surface area contributed by atoms with E-state index < -0.39 is 14.9 Å². The van der Waals surface area contributed by atoms with Gasteiger partial charge in [-0.25, -0.2) is 8.42 Å². The van der Waals surface area contributed by atoms with Crippen LogP contribution in [0.15, 0.2) is 53.4 Å². The number of hydrogen-bond acceptors (Lipinski definition) is 5. The minimum Gasteiger partial charge on any atom is -0.399 e. The summed E-state index contributed by atoms with van der Waals surface area (Å²) in [5.74, 6) is 0. The molecule has 0 heterocycles. The number of nitrogens with one attached hydrogen (secondary N) is 1. The second-order valence-electron chi connectivity index (χ2n) is 3.98. The van der Waals surface area contributed by atoms with Gasteiger partial charge in [-0.05, 0) is 36.4 Å². The number of nitro benzene ring substituents is 1. The molecule has 2 rings (SSSR count). The van der Waals surface area contributed by atoms with Gasteiger partial charge >= 0.3 is 0 Å². The summed E-state index contributed by atoms with van der Waals surface area (Å²) < 4.78 is 26.4. The molecule has 0 amide bonds. The second kappa shape index (κ2) is 5.17. The van der Waals surface area contributed by atoms with E-state index in [9.17, 15) is 18.5 Å². The van der Waals surface area contributed by atoms with Crippen LogP contribution in [-0.2, 0) is 10.0 Å². The van der Waals surface area contributed by atoms with Crippen LogP contribution in [0.4, 0.5) is 17.1 Å². The van der Waals surface area contributed by atoms with E-state index in [4.69, 9.17) is 5.73 Å². The highest BCUT2D eigenvalue weighted by atomic mass is 32.2. The van der Waals surface area contributed by atoms with Crippen molar-refractivity contribution in [3.05, 3.63) is 58.6 Å². The predicted molar refractivity (Wildman–Crippen MR) is 74.8 cm³/mol. The molecule has 0 atom stereocenters. The molecule has 3 N–H and O–H groups in total. The van der Waals surface area contributed by atoms with Gasteiger partial charge in [0.25, 0.3) is 15.7 Å². The minimum atomic E-state index is -3.74. The van der Waals surface area contributed by atoms with Crippen LogP contribution < -0.4 is 10.5 Å². The number of hydrogen-bond donors (Lipinski definition) is 2. The Balaban J connectivity index is 2.24. The van der Waals surface area contributed by atoms with E-state index in [-0.39, 0.29) is 16.3 Å². The van der Waals surface area contributed by atoms with Crippen LogP contribution in [0.3, 0.4) is 0 Å². The molecule has 2 aromatic rings. The van der Waals surface area contributed by atoms with Crippen molar-refractivity contribution in [1.29, 1.82) is 0 Å². The first kappa shape index (κ1) is 13.8. The number of anilines is 2. The highest BCUT2D eigenvalue weighted by Gasteiger charge is 2.14. The van der Waals surface area contributed by atoms with Crippen LogP contribution in [0.25, 0.3) is 0 Å². The first-order chi connectivity index (χ1) is 9.38. The van der Waals surface area contributed by atoms with Gasteiger partial charge in [-0.15, -0.1) is 0 Å². The zero-order valence-electron chi connectivity index (χ0n) is 10.2. The summed E-state index contributed by atoms with van der Waals surface area (Å²) in [7, 11) is -3.74. The van der Waals surface area contributed by atoms with E-state index in [1.807, 2.05) is 0 Å². The van der Waals surface area contributed by atoms with E-state index in [0.717, 1.165) is 0 Å². The summed E-state index contributed by atoms with van der Waals surface area (Å²) in [5.41, 5.74) is 6.08. The van der Waals surface area contributed by atoms with Gasteiger partial charge in [0.05, 0.1) is 9.82 Å². The van der Waals surface area contributed by atoms with Gasteiger partial charge in [0.15, 0.2) is 0 Å². The molecule has 0 bridgehead atoms. The largest absolute Gasteiger partial charge is 0.399 e. The number of benzene rings is 2. The molecule has 0 aliphatic rings. The van der Waals surface area contributed by atoms with Gasteiger partial charge in [0, 0.05) is 23.5 Å². The maximum absolute atomic E-state index is 12.0. The average Bonchev–Trinajstić information content (AvgIpc) is 2.39.